The number of aromatic nitrogens is 1. The zero-order chi connectivity index (χ0) is 35.4. The Bertz CT molecular complexity index is 1680. The van der Waals surface area contributed by atoms with E-state index in [-0.39, 0.29) is 37.6 Å². The van der Waals surface area contributed by atoms with Crippen LogP contribution in [0.5, 0.6) is 0 Å². The summed E-state index contributed by atoms with van der Waals surface area (Å²) in [6.07, 6.45) is -3.57. The van der Waals surface area contributed by atoms with Crippen LogP contribution in [0, 0.1) is 0 Å². The largest absolute Gasteiger partial charge is 0.406 e. The van der Waals surface area contributed by atoms with Gasteiger partial charge in [-0.05, 0) is 49.2 Å². The van der Waals surface area contributed by atoms with Crippen LogP contribution in [0.25, 0.3) is 0 Å². The lowest BCUT2D eigenvalue weighted by atomic mass is 9.88. The van der Waals surface area contributed by atoms with Gasteiger partial charge in [0.25, 0.3) is 11.8 Å². The number of pyridine rings is 1. The van der Waals surface area contributed by atoms with E-state index in [1.165, 1.54) is 11.1 Å². The number of fused-ring (bicyclic) bond motifs is 1. The van der Waals surface area contributed by atoms with Crippen molar-refractivity contribution < 1.29 is 37.1 Å². The number of hydrogen-bond acceptors (Lipinski definition) is 7. The number of carbonyl (C=O) groups excluding carboxylic acids is 4. The highest BCUT2D eigenvalue weighted by atomic mass is 127. The maximum absolute atomic E-state index is 14.3. The van der Waals surface area contributed by atoms with Gasteiger partial charge in [-0.15, -0.1) is 0 Å². The summed E-state index contributed by atoms with van der Waals surface area (Å²) >= 11 is 2.04. The molecule has 2 unspecified atom stereocenters. The summed E-state index contributed by atoms with van der Waals surface area (Å²) in [7, 11) is 0. The first-order valence-corrected chi connectivity index (χ1v) is 16.6. The first-order valence-electron chi connectivity index (χ1n) is 15.5. The number of amides is 5. The minimum Gasteiger partial charge on any atom is -0.374 e. The number of hydrogen-bond donors (Lipinski definition) is 2. The van der Waals surface area contributed by atoms with E-state index in [1.807, 2.05) is 73.1 Å². The van der Waals surface area contributed by atoms with Crippen molar-refractivity contribution in [3.63, 3.8) is 0 Å². The third-order valence-electron chi connectivity index (χ3n) is 8.60. The summed E-state index contributed by atoms with van der Waals surface area (Å²) in [6.45, 7) is 1.35. The first-order chi connectivity index (χ1) is 23.2. The summed E-state index contributed by atoms with van der Waals surface area (Å²) in [4.78, 5) is 61.8. The second-order valence-electron chi connectivity index (χ2n) is 12.6. The van der Waals surface area contributed by atoms with Crippen molar-refractivity contribution >= 4 is 46.6 Å². The van der Waals surface area contributed by atoms with Crippen LogP contribution < -0.4 is 8.85 Å². The van der Waals surface area contributed by atoms with Gasteiger partial charge >= 0.3 is 12.2 Å². The van der Waals surface area contributed by atoms with E-state index in [1.54, 1.807) is 36.4 Å². The zero-order valence-electron chi connectivity index (χ0n) is 26.9. The van der Waals surface area contributed by atoms with Gasteiger partial charge in [-0.25, -0.2) is 4.79 Å². The Labute approximate surface area is 295 Å². The minimum absolute atomic E-state index is 0.0856. The number of alkyl halides is 3. The van der Waals surface area contributed by atoms with Crippen LogP contribution in [-0.4, -0.2) is 94.0 Å². The van der Waals surface area contributed by atoms with Crippen molar-refractivity contribution in [2.75, 3.05) is 32.8 Å². The predicted octanol–water partition coefficient (Wildman–Crippen LogP) is 4.22. The molecule has 2 aliphatic heterocycles. The normalized spacial score (nSPS) is 18.8. The van der Waals surface area contributed by atoms with Gasteiger partial charge in [0, 0.05) is 65.4 Å². The molecule has 5 rings (SSSR count). The second kappa shape index (κ2) is 14.8. The molecule has 2 aliphatic rings. The molecule has 2 fully saturated rings. The number of ether oxygens (including phenoxy) is 1. The van der Waals surface area contributed by atoms with Crippen molar-refractivity contribution in [3.8, 4) is 0 Å². The molecule has 15 heteroatoms. The monoisotopic (exact) mass is 792 g/mol. The number of rotatable bonds is 12. The topological polar surface area (TPSA) is 124 Å². The van der Waals surface area contributed by atoms with Crippen LogP contribution in [-0.2, 0) is 32.9 Å². The fourth-order valence-electron chi connectivity index (χ4n) is 6.01. The van der Waals surface area contributed by atoms with Crippen LogP contribution in [0.4, 0.5) is 18.0 Å². The van der Waals surface area contributed by atoms with E-state index >= 15 is 0 Å². The number of imide groups is 1. The van der Waals surface area contributed by atoms with Crippen molar-refractivity contribution in [3.05, 3.63) is 101 Å². The SMILES string of the molecule is CC(C)(NI)c1cccc(C(=O)NC(COCc2ccccc2)C(=O)N2CCN3C(=O)N(CC(F)(F)F)C(=O)C3(Cc3ccccn3)C2)c1. The number of urea groups is 1. The molecule has 2 atom stereocenters. The van der Waals surface area contributed by atoms with Gasteiger partial charge in [0.1, 0.15) is 18.1 Å². The lowest BCUT2D eigenvalue weighted by Gasteiger charge is -2.45. The van der Waals surface area contributed by atoms with Gasteiger partial charge in [-0.1, -0.05) is 48.5 Å². The van der Waals surface area contributed by atoms with E-state index in [2.05, 4.69) is 13.8 Å². The summed E-state index contributed by atoms with van der Waals surface area (Å²) in [6, 6.07) is 18.8. The lowest BCUT2D eigenvalue weighted by Crippen LogP contribution is -2.67. The van der Waals surface area contributed by atoms with E-state index in [4.69, 9.17) is 4.74 Å². The summed E-state index contributed by atoms with van der Waals surface area (Å²) in [5.41, 5.74) is 0.0291. The fourth-order valence-corrected chi connectivity index (χ4v) is 6.32. The quantitative estimate of drug-likeness (QED) is 0.160. The molecule has 0 aliphatic carbocycles. The van der Waals surface area contributed by atoms with Crippen LogP contribution in [0.2, 0.25) is 0 Å². The Morgan fingerprint density at radius 1 is 1.02 bits per heavy atom. The van der Waals surface area contributed by atoms with Gasteiger partial charge < -0.3 is 19.9 Å². The van der Waals surface area contributed by atoms with Crippen molar-refractivity contribution in [1.82, 2.24) is 28.5 Å². The molecule has 2 N–H and O–H groups in total. The first kappa shape index (κ1) is 36.2. The van der Waals surface area contributed by atoms with Gasteiger partial charge in [0.15, 0.2) is 0 Å². The number of nitrogens with zero attached hydrogens (tertiary/aromatic N) is 4. The van der Waals surface area contributed by atoms with Crippen LogP contribution >= 0.6 is 22.9 Å². The highest BCUT2D eigenvalue weighted by Gasteiger charge is 2.61. The molecular weight excluding hydrogens is 756 g/mol. The van der Waals surface area contributed by atoms with Gasteiger partial charge in [-0.2, -0.15) is 13.2 Å². The molecule has 3 heterocycles. The molecule has 3 aromatic rings. The number of carbonyl (C=O) groups is 4. The van der Waals surface area contributed by atoms with E-state index in [9.17, 15) is 32.3 Å². The molecule has 1 aromatic heterocycles. The maximum Gasteiger partial charge on any atom is 0.406 e. The molecular formula is C34H36F3IN6O5. The van der Waals surface area contributed by atoms with Gasteiger partial charge in [-0.3, -0.25) is 27.8 Å². The van der Waals surface area contributed by atoms with Crippen molar-refractivity contribution in [2.24, 2.45) is 0 Å². The Morgan fingerprint density at radius 2 is 1.76 bits per heavy atom. The average Bonchev–Trinajstić information content (AvgIpc) is 3.28. The summed E-state index contributed by atoms with van der Waals surface area (Å²) < 4.78 is 49.6. The maximum atomic E-state index is 14.3. The van der Waals surface area contributed by atoms with Crippen LogP contribution in [0.15, 0.2) is 79.0 Å². The molecule has 5 amide bonds. The molecule has 2 aromatic carbocycles. The van der Waals surface area contributed by atoms with Gasteiger partial charge in [0.2, 0.25) is 5.91 Å². The Hall–Kier alpha value is -4.09. The zero-order valence-corrected chi connectivity index (χ0v) is 29.0. The smallest absolute Gasteiger partial charge is 0.374 e. The third-order valence-corrected chi connectivity index (χ3v) is 9.95. The molecule has 49 heavy (non-hydrogen) atoms. The second-order valence-corrected chi connectivity index (χ2v) is 13.1. The minimum atomic E-state index is -4.83. The lowest BCUT2D eigenvalue weighted by molar-refractivity contribution is -0.157. The van der Waals surface area contributed by atoms with E-state index in [0.717, 1.165) is 16.0 Å². The number of benzene rings is 2. The van der Waals surface area contributed by atoms with Crippen molar-refractivity contribution in [2.45, 2.75) is 50.2 Å². The molecule has 0 saturated carbocycles. The third kappa shape index (κ3) is 8.21. The highest BCUT2D eigenvalue weighted by molar-refractivity contribution is 14.1. The number of piperazine rings is 1. The Balaban J connectivity index is 1.43. The highest BCUT2D eigenvalue weighted by Crippen LogP contribution is 2.36. The number of halogens is 4. The standard InChI is InChI=1S/C34H36F3IN6O5/c1-32(2,41-38)25-12-8-11-24(17-25)28(45)40-27(20-49-19-23-9-4-3-5-10-23)29(46)42-15-16-44-31(48)43(22-34(35,36)37)30(47)33(44,21-42)18-26-13-6-7-14-39-26/h3-14,17,27,41H,15-16,18-22H2,1-2H3,(H,40,45). The molecule has 260 valence electrons. The Kier molecular flexibility index (Phi) is 10.9. The molecule has 11 nitrogen and oxygen atoms in total. The summed E-state index contributed by atoms with van der Waals surface area (Å²) in [5.74, 6) is -2.22. The van der Waals surface area contributed by atoms with E-state index < -0.39 is 60.1 Å². The fraction of sp³-hybridized carbons (Fsp3) is 0.382. The summed E-state index contributed by atoms with van der Waals surface area (Å²) in [5, 5.41) is 2.78. The van der Waals surface area contributed by atoms with Crippen LogP contribution in [0.1, 0.15) is 41.0 Å². The number of nitrogens with one attached hydrogen (secondary N) is 2. The van der Waals surface area contributed by atoms with Crippen LogP contribution in [0.3, 0.4) is 0 Å². The average molecular weight is 793 g/mol. The predicted molar refractivity (Wildman–Crippen MR) is 181 cm³/mol. The molecule has 0 bridgehead atoms. The molecule has 0 spiro atoms. The molecule has 2 saturated heterocycles. The van der Waals surface area contributed by atoms with Gasteiger partial charge in [0.05, 0.1) is 19.8 Å². The van der Waals surface area contributed by atoms with Crippen molar-refractivity contribution in [1.29, 1.82) is 0 Å². The molecule has 0 radical (unpaired) electrons. The Morgan fingerprint density at radius 3 is 2.43 bits per heavy atom. The van der Waals surface area contributed by atoms with E-state index in [0.29, 0.717) is 11.3 Å².